The van der Waals surface area contributed by atoms with E-state index >= 15 is 0 Å². The standard InChI is InChI=1S/C26H30ClN5O/c27-21-8-3-6-19-9-10-20-7-4-11-29-24(20)25(23(19)21)32-17-13-28-22(18-32)26(33)30-12-5-16-31-14-1-2-15-31/h1-4,6-8,11,14-15,22,25,28H,5,9-10,12-13,16-18H2,(H,30,33)/t22-,25-/m1/s1. The number of amides is 1. The molecule has 1 aliphatic heterocycles. The summed E-state index contributed by atoms with van der Waals surface area (Å²) in [6, 6.07) is 14.1. The molecule has 1 saturated heterocycles. The third kappa shape index (κ3) is 4.83. The Morgan fingerprint density at radius 1 is 1.12 bits per heavy atom. The van der Waals surface area contributed by atoms with E-state index in [1.165, 1.54) is 11.1 Å². The van der Waals surface area contributed by atoms with Crippen molar-refractivity contribution < 1.29 is 4.79 Å². The average Bonchev–Trinajstić information content (AvgIpc) is 3.30. The summed E-state index contributed by atoms with van der Waals surface area (Å²) >= 11 is 6.77. The van der Waals surface area contributed by atoms with Crippen molar-refractivity contribution in [1.29, 1.82) is 0 Å². The number of rotatable bonds is 6. The summed E-state index contributed by atoms with van der Waals surface area (Å²) in [6.45, 7) is 3.77. The molecule has 0 bridgehead atoms. The van der Waals surface area contributed by atoms with Gasteiger partial charge in [-0.05, 0) is 60.2 Å². The summed E-state index contributed by atoms with van der Waals surface area (Å²) < 4.78 is 2.13. The van der Waals surface area contributed by atoms with Crippen LogP contribution in [0.3, 0.4) is 0 Å². The second-order valence-corrected chi connectivity index (χ2v) is 9.24. The van der Waals surface area contributed by atoms with Gasteiger partial charge in [-0.1, -0.05) is 29.8 Å². The SMILES string of the molecule is O=C(NCCCn1cccc1)[C@H]1CN([C@H]2c3ncccc3CCc3cccc(Cl)c32)CCN1. The lowest BCUT2D eigenvalue weighted by Crippen LogP contribution is -2.58. The normalized spacial score (nSPS) is 20.5. The van der Waals surface area contributed by atoms with E-state index in [1.54, 1.807) is 0 Å². The lowest BCUT2D eigenvalue weighted by atomic mass is 9.95. The molecule has 2 atom stereocenters. The molecule has 1 fully saturated rings. The largest absolute Gasteiger partial charge is 0.355 e. The van der Waals surface area contributed by atoms with Crippen LogP contribution in [0.25, 0.3) is 0 Å². The minimum absolute atomic E-state index is 0.0430. The third-order valence-corrected chi connectivity index (χ3v) is 7.04. The van der Waals surface area contributed by atoms with E-state index in [0.717, 1.165) is 55.2 Å². The molecule has 6 nitrogen and oxygen atoms in total. The van der Waals surface area contributed by atoms with Gasteiger partial charge in [-0.2, -0.15) is 0 Å². The first-order valence-electron chi connectivity index (χ1n) is 11.8. The maximum atomic E-state index is 13.0. The molecule has 7 heteroatoms. The number of hydrogen-bond acceptors (Lipinski definition) is 4. The molecule has 0 spiro atoms. The molecule has 0 saturated carbocycles. The fraction of sp³-hybridized carbons (Fsp3) is 0.385. The number of nitrogens with one attached hydrogen (secondary N) is 2. The van der Waals surface area contributed by atoms with Crippen molar-refractivity contribution in [3.8, 4) is 0 Å². The maximum Gasteiger partial charge on any atom is 0.238 e. The number of carbonyl (C=O) groups excluding carboxylic acids is 1. The van der Waals surface area contributed by atoms with Crippen molar-refractivity contribution in [2.75, 3.05) is 26.2 Å². The Balaban J connectivity index is 1.32. The molecule has 1 amide bonds. The van der Waals surface area contributed by atoms with Crippen LogP contribution in [-0.4, -0.2) is 52.6 Å². The molecule has 2 aromatic heterocycles. The van der Waals surface area contributed by atoms with Gasteiger partial charge in [-0.25, -0.2) is 0 Å². The fourth-order valence-corrected chi connectivity index (χ4v) is 5.37. The third-order valence-electron chi connectivity index (χ3n) is 6.71. The Labute approximate surface area is 200 Å². The Morgan fingerprint density at radius 3 is 2.82 bits per heavy atom. The molecule has 3 heterocycles. The molecule has 0 unspecified atom stereocenters. The van der Waals surface area contributed by atoms with Crippen molar-refractivity contribution in [1.82, 2.24) is 25.1 Å². The first kappa shape index (κ1) is 22.1. The summed E-state index contributed by atoms with van der Waals surface area (Å²) in [5, 5.41) is 7.30. The molecule has 2 aliphatic rings. The van der Waals surface area contributed by atoms with Gasteiger partial charge in [-0.15, -0.1) is 0 Å². The highest BCUT2D eigenvalue weighted by Gasteiger charge is 2.35. The van der Waals surface area contributed by atoms with Crippen molar-refractivity contribution in [2.45, 2.75) is 37.9 Å². The maximum absolute atomic E-state index is 13.0. The van der Waals surface area contributed by atoms with Crippen LogP contribution in [0, 0.1) is 0 Å². The highest BCUT2D eigenvalue weighted by atomic mass is 35.5. The quantitative estimate of drug-likeness (QED) is 0.551. The lowest BCUT2D eigenvalue weighted by molar-refractivity contribution is -0.124. The van der Waals surface area contributed by atoms with Crippen LogP contribution >= 0.6 is 11.6 Å². The van der Waals surface area contributed by atoms with E-state index in [9.17, 15) is 4.79 Å². The zero-order chi connectivity index (χ0) is 22.6. The Bertz CT molecular complexity index is 1100. The number of nitrogens with zero attached hydrogens (tertiary/aromatic N) is 3. The smallest absolute Gasteiger partial charge is 0.238 e. The van der Waals surface area contributed by atoms with Crippen molar-refractivity contribution in [3.05, 3.63) is 88.5 Å². The average molecular weight is 464 g/mol. The zero-order valence-corrected chi connectivity index (χ0v) is 19.5. The minimum Gasteiger partial charge on any atom is -0.355 e. The lowest BCUT2D eigenvalue weighted by Gasteiger charge is -2.39. The van der Waals surface area contributed by atoms with Gasteiger partial charge in [0.15, 0.2) is 0 Å². The molecule has 2 N–H and O–H groups in total. The molecule has 5 rings (SSSR count). The van der Waals surface area contributed by atoms with Gasteiger partial charge in [0.1, 0.15) is 0 Å². The van der Waals surface area contributed by atoms with E-state index in [2.05, 4.69) is 32.2 Å². The fourth-order valence-electron chi connectivity index (χ4n) is 5.07. The summed E-state index contributed by atoms with van der Waals surface area (Å²) in [5.41, 5.74) is 4.75. The molecule has 1 aliphatic carbocycles. The number of piperazine rings is 1. The van der Waals surface area contributed by atoms with E-state index in [4.69, 9.17) is 16.6 Å². The van der Waals surface area contributed by atoms with Crippen molar-refractivity contribution >= 4 is 17.5 Å². The van der Waals surface area contributed by atoms with Crippen LogP contribution < -0.4 is 10.6 Å². The van der Waals surface area contributed by atoms with E-state index in [1.807, 2.05) is 48.9 Å². The first-order chi connectivity index (χ1) is 16.2. The summed E-state index contributed by atoms with van der Waals surface area (Å²) in [5.74, 6) is 0.0569. The van der Waals surface area contributed by atoms with Crippen LogP contribution in [0.4, 0.5) is 0 Å². The highest BCUT2D eigenvalue weighted by Crippen LogP contribution is 2.39. The van der Waals surface area contributed by atoms with Crippen molar-refractivity contribution in [3.63, 3.8) is 0 Å². The van der Waals surface area contributed by atoms with Gasteiger partial charge >= 0.3 is 0 Å². The molecular weight excluding hydrogens is 434 g/mol. The van der Waals surface area contributed by atoms with E-state index < -0.39 is 0 Å². The van der Waals surface area contributed by atoms with Crippen LogP contribution in [0.2, 0.25) is 5.02 Å². The second-order valence-electron chi connectivity index (χ2n) is 8.83. The predicted molar refractivity (Wildman–Crippen MR) is 130 cm³/mol. The predicted octanol–water partition coefficient (Wildman–Crippen LogP) is 3.20. The van der Waals surface area contributed by atoms with Gasteiger partial charge in [0, 0.05) is 56.3 Å². The molecule has 3 aromatic rings. The number of pyridine rings is 1. The van der Waals surface area contributed by atoms with Crippen LogP contribution in [0.5, 0.6) is 0 Å². The van der Waals surface area contributed by atoms with Gasteiger partial charge in [-0.3, -0.25) is 14.7 Å². The highest BCUT2D eigenvalue weighted by molar-refractivity contribution is 6.31. The number of aromatic nitrogens is 2. The minimum atomic E-state index is -0.258. The zero-order valence-electron chi connectivity index (χ0n) is 18.7. The first-order valence-corrected chi connectivity index (χ1v) is 12.2. The Hall–Kier alpha value is -2.67. The van der Waals surface area contributed by atoms with Gasteiger partial charge < -0.3 is 15.2 Å². The molecule has 172 valence electrons. The summed E-state index contributed by atoms with van der Waals surface area (Å²) in [7, 11) is 0. The van der Waals surface area contributed by atoms with Gasteiger partial charge in [0.25, 0.3) is 0 Å². The van der Waals surface area contributed by atoms with Crippen molar-refractivity contribution in [2.24, 2.45) is 0 Å². The molecule has 0 radical (unpaired) electrons. The Kier molecular flexibility index (Phi) is 6.76. The number of halogens is 1. The number of benzene rings is 1. The monoisotopic (exact) mass is 463 g/mol. The van der Waals surface area contributed by atoms with Crippen LogP contribution in [0.15, 0.2) is 61.1 Å². The molecule has 1 aromatic carbocycles. The second kappa shape index (κ2) is 10.1. The summed E-state index contributed by atoms with van der Waals surface area (Å²) in [6.07, 6.45) is 8.76. The molecular formula is C26H30ClN5O. The summed E-state index contributed by atoms with van der Waals surface area (Å²) in [4.78, 5) is 20.1. The number of aryl methyl sites for hydroxylation is 3. The number of hydrogen-bond donors (Lipinski definition) is 2. The van der Waals surface area contributed by atoms with Crippen LogP contribution in [-0.2, 0) is 24.2 Å². The van der Waals surface area contributed by atoms with Gasteiger partial charge in [0.2, 0.25) is 5.91 Å². The topological polar surface area (TPSA) is 62.2 Å². The molecule has 33 heavy (non-hydrogen) atoms. The van der Waals surface area contributed by atoms with E-state index in [0.29, 0.717) is 13.1 Å². The number of fused-ring (bicyclic) bond motifs is 2. The van der Waals surface area contributed by atoms with Gasteiger partial charge in [0.05, 0.1) is 17.8 Å². The number of carbonyl (C=O) groups is 1. The van der Waals surface area contributed by atoms with Crippen LogP contribution in [0.1, 0.15) is 34.8 Å². The Morgan fingerprint density at radius 2 is 1.94 bits per heavy atom. The van der Waals surface area contributed by atoms with E-state index in [-0.39, 0.29) is 18.0 Å².